The molecule has 140 valence electrons. The number of aromatic nitrogens is 3. The summed E-state index contributed by atoms with van der Waals surface area (Å²) in [6, 6.07) is 16.4. The van der Waals surface area contributed by atoms with E-state index in [1.54, 1.807) is 29.8 Å². The van der Waals surface area contributed by atoms with Crippen molar-refractivity contribution >= 4 is 17.1 Å². The van der Waals surface area contributed by atoms with Crippen LogP contribution < -0.4 is 5.73 Å². The fourth-order valence-electron chi connectivity index (χ4n) is 3.34. The van der Waals surface area contributed by atoms with Gasteiger partial charge >= 0.3 is 0 Å². The molecule has 0 aliphatic heterocycles. The molecule has 5 nitrogen and oxygen atoms in total. The highest BCUT2D eigenvalue weighted by atomic mass is 19.1. The lowest BCUT2D eigenvalue weighted by Gasteiger charge is -2.07. The first kappa shape index (κ1) is 17.9. The van der Waals surface area contributed by atoms with Gasteiger partial charge in [0.1, 0.15) is 17.1 Å². The van der Waals surface area contributed by atoms with Crippen LogP contribution in [0.25, 0.3) is 16.6 Å². The lowest BCUT2D eigenvalue weighted by molar-refractivity contribution is -0.117. The van der Waals surface area contributed by atoms with E-state index in [-0.39, 0.29) is 11.6 Å². The molecule has 0 saturated carbocycles. The maximum atomic E-state index is 13.4. The van der Waals surface area contributed by atoms with Gasteiger partial charge in [-0.1, -0.05) is 47.7 Å². The molecule has 2 heterocycles. The van der Waals surface area contributed by atoms with Crippen molar-refractivity contribution in [2.75, 3.05) is 5.73 Å². The van der Waals surface area contributed by atoms with Crippen molar-refractivity contribution in [1.82, 2.24) is 14.8 Å². The normalized spacial score (nSPS) is 11.1. The SMILES string of the molecule is Cc1cc(CC(=O)Cc2ccc(-c3cccn4nnc(N)c34)cc2)ccc1F. The Morgan fingerprint density at radius 1 is 1.07 bits per heavy atom. The Labute approximate surface area is 161 Å². The van der Waals surface area contributed by atoms with E-state index < -0.39 is 0 Å². The Balaban J connectivity index is 1.51. The van der Waals surface area contributed by atoms with Crippen molar-refractivity contribution in [3.05, 3.63) is 83.3 Å². The molecule has 0 aliphatic rings. The molecule has 28 heavy (non-hydrogen) atoms. The van der Waals surface area contributed by atoms with Gasteiger partial charge in [-0.3, -0.25) is 4.79 Å². The molecule has 0 amide bonds. The van der Waals surface area contributed by atoms with Gasteiger partial charge in [-0.15, -0.1) is 5.10 Å². The van der Waals surface area contributed by atoms with E-state index in [4.69, 9.17) is 5.73 Å². The third-order valence-electron chi connectivity index (χ3n) is 4.76. The summed E-state index contributed by atoms with van der Waals surface area (Å²) in [6.07, 6.45) is 2.42. The molecule has 0 fully saturated rings. The van der Waals surface area contributed by atoms with Gasteiger partial charge in [-0.05, 0) is 41.3 Å². The van der Waals surface area contributed by atoms with Crippen molar-refractivity contribution in [1.29, 1.82) is 0 Å². The monoisotopic (exact) mass is 374 g/mol. The zero-order valence-corrected chi connectivity index (χ0v) is 15.4. The molecule has 0 spiro atoms. The largest absolute Gasteiger partial charge is 0.380 e. The van der Waals surface area contributed by atoms with E-state index in [9.17, 15) is 9.18 Å². The molecule has 4 aromatic rings. The number of nitrogen functional groups attached to an aromatic ring is 1. The molecule has 0 bridgehead atoms. The summed E-state index contributed by atoms with van der Waals surface area (Å²) in [5.74, 6) is 0.213. The molecule has 4 rings (SSSR count). The number of ketones is 1. The summed E-state index contributed by atoms with van der Waals surface area (Å²) < 4.78 is 15.0. The number of rotatable bonds is 5. The quantitative estimate of drug-likeness (QED) is 0.577. The summed E-state index contributed by atoms with van der Waals surface area (Å²) >= 11 is 0. The molecule has 0 atom stereocenters. The Morgan fingerprint density at radius 2 is 1.79 bits per heavy atom. The lowest BCUT2D eigenvalue weighted by Crippen LogP contribution is -2.07. The number of hydrogen-bond acceptors (Lipinski definition) is 4. The van der Waals surface area contributed by atoms with Crippen LogP contribution in [-0.4, -0.2) is 20.6 Å². The van der Waals surface area contributed by atoms with E-state index in [2.05, 4.69) is 10.3 Å². The van der Waals surface area contributed by atoms with Crippen LogP contribution in [-0.2, 0) is 17.6 Å². The van der Waals surface area contributed by atoms with Gasteiger partial charge in [0, 0.05) is 24.6 Å². The van der Waals surface area contributed by atoms with Crippen LogP contribution in [0, 0.1) is 12.7 Å². The van der Waals surface area contributed by atoms with Crippen molar-refractivity contribution < 1.29 is 9.18 Å². The number of anilines is 1. The minimum Gasteiger partial charge on any atom is -0.380 e. The van der Waals surface area contributed by atoms with E-state index in [0.717, 1.165) is 27.8 Å². The van der Waals surface area contributed by atoms with E-state index in [1.165, 1.54) is 6.07 Å². The highest BCUT2D eigenvalue weighted by Gasteiger charge is 2.11. The average Bonchev–Trinajstić information content (AvgIpc) is 3.07. The third kappa shape index (κ3) is 3.49. The maximum Gasteiger partial charge on any atom is 0.174 e. The predicted octanol–water partition coefficient (Wildman–Crippen LogP) is 3.78. The maximum absolute atomic E-state index is 13.4. The highest BCUT2D eigenvalue weighted by molar-refractivity contribution is 5.87. The van der Waals surface area contributed by atoms with Crippen molar-refractivity contribution in [2.24, 2.45) is 0 Å². The second kappa shape index (κ2) is 7.23. The van der Waals surface area contributed by atoms with Gasteiger partial charge in [-0.2, -0.15) is 0 Å². The fourth-order valence-corrected chi connectivity index (χ4v) is 3.34. The first-order chi connectivity index (χ1) is 13.5. The molecule has 2 aromatic heterocycles. The minimum atomic E-state index is -0.254. The van der Waals surface area contributed by atoms with Crippen molar-refractivity contribution in [2.45, 2.75) is 19.8 Å². The average molecular weight is 374 g/mol. The number of Topliss-reactive ketones (excluding diaryl/α,β-unsaturated/α-hetero) is 1. The molecular weight excluding hydrogens is 355 g/mol. The summed E-state index contributed by atoms with van der Waals surface area (Å²) in [5, 5.41) is 7.90. The summed E-state index contributed by atoms with van der Waals surface area (Å²) in [7, 11) is 0. The van der Waals surface area contributed by atoms with Crippen LogP contribution in [0.4, 0.5) is 10.2 Å². The summed E-state index contributed by atoms with van der Waals surface area (Å²) in [6.45, 7) is 1.70. The number of carbonyl (C=O) groups is 1. The van der Waals surface area contributed by atoms with Gasteiger partial charge in [-0.25, -0.2) is 8.91 Å². The lowest BCUT2D eigenvalue weighted by atomic mass is 9.99. The van der Waals surface area contributed by atoms with Crippen LogP contribution in [0.5, 0.6) is 0 Å². The van der Waals surface area contributed by atoms with Crippen LogP contribution >= 0.6 is 0 Å². The Bertz CT molecular complexity index is 1170. The number of fused-ring (bicyclic) bond motifs is 1. The van der Waals surface area contributed by atoms with E-state index in [0.29, 0.717) is 24.2 Å². The fraction of sp³-hybridized carbons (Fsp3) is 0.136. The minimum absolute atomic E-state index is 0.0881. The third-order valence-corrected chi connectivity index (χ3v) is 4.76. The zero-order valence-electron chi connectivity index (χ0n) is 15.4. The molecule has 6 heteroatoms. The van der Waals surface area contributed by atoms with E-state index >= 15 is 0 Å². The molecule has 2 N–H and O–H groups in total. The molecule has 0 aliphatic carbocycles. The Morgan fingerprint density at radius 3 is 2.54 bits per heavy atom. The molecule has 2 aromatic carbocycles. The standard InChI is InChI=1S/C22H19FN4O/c1-14-11-16(6-9-20(14)23)13-18(28)12-15-4-7-17(8-5-15)19-3-2-10-27-21(19)22(24)25-26-27/h2-11H,12-13,24H2,1H3. The number of hydrogen-bond donors (Lipinski definition) is 1. The first-order valence-electron chi connectivity index (χ1n) is 8.97. The van der Waals surface area contributed by atoms with Gasteiger partial charge in [0.25, 0.3) is 0 Å². The highest BCUT2D eigenvalue weighted by Crippen LogP contribution is 2.27. The zero-order chi connectivity index (χ0) is 19.7. The second-order valence-corrected chi connectivity index (χ2v) is 6.86. The molecular formula is C22H19FN4O. The number of halogens is 1. The van der Waals surface area contributed by atoms with Gasteiger partial charge < -0.3 is 5.73 Å². The van der Waals surface area contributed by atoms with Gasteiger partial charge in [0.15, 0.2) is 5.82 Å². The van der Waals surface area contributed by atoms with Gasteiger partial charge in [0.05, 0.1) is 0 Å². The number of nitrogens with two attached hydrogens (primary N) is 1. The second-order valence-electron chi connectivity index (χ2n) is 6.86. The van der Waals surface area contributed by atoms with Gasteiger partial charge in [0.2, 0.25) is 0 Å². The van der Waals surface area contributed by atoms with Crippen LogP contribution in [0.2, 0.25) is 0 Å². The topological polar surface area (TPSA) is 73.3 Å². The summed E-state index contributed by atoms with van der Waals surface area (Å²) in [5.41, 5.74) is 10.9. The molecule has 0 unspecified atom stereocenters. The number of pyridine rings is 1. The summed E-state index contributed by atoms with van der Waals surface area (Å²) in [4.78, 5) is 12.4. The number of aryl methyl sites for hydroxylation is 1. The van der Waals surface area contributed by atoms with E-state index in [1.807, 2.05) is 36.4 Å². The number of carbonyl (C=O) groups excluding carboxylic acids is 1. The van der Waals surface area contributed by atoms with Crippen molar-refractivity contribution in [3.63, 3.8) is 0 Å². The van der Waals surface area contributed by atoms with Crippen molar-refractivity contribution in [3.8, 4) is 11.1 Å². The molecule has 0 saturated heterocycles. The molecule has 0 radical (unpaired) electrons. The van der Waals surface area contributed by atoms with Crippen LogP contribution in [0.15, 0.2) is 60.8 Å². The number of nitrogens with zero attached hydrogens (tertiary/aromatic N) is 3. The Hall–Kier alpha value is -3.54. The Kier molecular flexibility index (Phi) is 4.61. The van der Waals surface area contributed by atoms with Crippen LogP contribution in [0.3, 0.4) is 0 Å². The van der Waals surface area contributed by atoms with Crippen LogP contribution in [0.1, 0.15) is 16.7 Å². The number of benzene rings is 2. The smallest absolute Gasteiger partial charge is 0.174 e. The first-order valence-corrected chi connectivity index (χ1v) is 8.97. The predicted molar refractivity (Wildman–Crippen MR) is 106 cm³/mol.